The first kappa shape index (κ1) is 11.4. The number of hydroxylamine groups is 2. The molecule has 0 aliphatic carbocycles. The van der Waals surface area contributed by atoms with Crippen LogP contribution < -0.4 is 0 Å². The second-order valence-corrected chi connectivity index (χ2v) is 4.82. The molecule has 0 N–H and O–H groups in total. The molecule has 6 heteroatoms. The summed E-state index contributed by atoms with van der Waals surface area (Å²) in [5.74, 6) is 0.502. The van der Waals surface area contributed by atoms with E-state index in [9.17, 15) is 4.79 Å². The summed E-state index contributed by atoms with van der Waals surface area (Å²) < 4.78 is 5.25. The summed E-state index contributed by atoms with van der Waals surface area (Å²) in [4.78, 5) is 21.7. The number of rotatable bonds is 2. The standard InChI is InChI=1S/C12H12N2O3S/c15-12(14-5-1-2-7-17-14)9-8-18-11(13-9)10-4-3-6-16-10/h3-4,6,8H,1-2,5,7H2. The quantitative estimate of drug-likeness (QED) is 0.836. The summed E-state index contributed by atoms with van der Waals surface area (Å²) in [7, 11) is 0. The fourth-order valence-corrected chi connectivity index (χ4v) is 2.53. The zero-order valence-electron chi connectivity index (χ0n) is 9.67. The topological polar surface area (TPSA) is 55.6 Å². The number of carbonyl (C=O) groups excluding carboxylic acids is 1. The molecule has 1 saturated heterocycles. The Bertz CT molecular complexity index is 529. The Kier molecular flexibility index (Phi) is 3.12. The lowest BCUT2D eigenvalue weighted by Crippen LogP contribution is -2.35. The average molecular weight is 264 g/mol. The Labute approximate surface area is 108 Å². The molecule has 0 bridgehead atoms. The van der Waals surface area contributed by atoms with Crippen molar-refractivity contribution in [2.24, 2.45) is 0 Å². The second-order valence-electron chi connectivity index (χ2n) is 3.96. The van der Waals surface area contributed by atoms with Gasteiger partial charge in [0.15, 0.2) is 10.8 Å². The van der Waals surface area contributed by atoms with Crippen LogP contribution in [-0.2, 0) is 4.84 Å². The first-order valence-corrected chi connectivity index (χ1v) is 6.67. The average Bonchev–Trinajstić information content (AvgIpc) is 3.09. The van der Waals surface area contributed by atoms with E-state index in [1.165, 1.54) is 16.4 Å². The molecule has 0 radical (unpaired) electrons. The molecule has 1 fully saturated rings. The van der Waals surface area contributed by atoms with Crippen LogP contribution in [0.1, 0.15) is 23.3 Å². The van der Waals surface area contributed by atoms with Crippen molar-refractivity contribution in [2.75, 3.05) is 13.2 Å². The number of amides is 1. The number of aromatic nitrogens is 1. The van der Waals surface area contributed by atoms with Gasteiger partial charge in [-0.25, -0.2) is 10.0 Å². The van der Waals surface area contributed by atoms with Gasteiger partial charge >= 0.3 is 0 Å². The van der Waals surface area contributed by atoms with Gasteiger partial charge < -0.3 is 4.42 Å². The zero-order valence-corrected chi connectivity index (χ0v) is 10.5. The van der Waals surface area contributed by atoms with Crippen LogP contribution in [0.15, 0.2) is 28.2 Å². The van der Waals surface area contributed by atoms with E-state index in [-0.39, 0.29) is 5.91 Å². The molecule has 1 aliphatic rings. The zero-order chi connectivity index (χ0) is 12.4. The molecule has 94 valence electrons. The Balaban J connectivity index is 1.78. The van der Waals surface area contributed by atoms with Gasteiger partial charge in [0.2, 0.25) is 0 Å². The number of hydrogen-bond acceptors (Lipinski definition) is 5. The number of furan rings is 1. The third-order valence-electron chi connectivity index (χ3n) is 2.68. The van der Waals surface area contributed by atoms with Gasteiger partial charge in [0.1, 0.15) is 5.69 Å². The Morgan fingerprint density at radius 1 is 1.44 bits per heavy atom. The van der Waals surface area contributed by atoms with Crippen LogP contribution in [-0.4, -0.2) is 29.1 Å². The van der Waals surface area contributed by atoms with Crippen LogP contribution in [0.2, 0.25) is 0 Å². The first-order valence-electron chi connectivity index (χ1n) is 5.79. The van der Waals surface area contributed by atoms with Crippen molar-refractivity contribution in [3.05, 3.63) is 29.5 Å². The minimum absolute atomic E-state index is 0.177. The normalized spacial score (nSPS) is 15.9. The van der Waals surface area contributed by atoms with Crippen molar-refractivity contribution < 1.29 is 14.0 Å². The maximum atomic E-state index is 12.1. The van der Waals surface area contributed by atoms with Gasteiger partial charge in [0.25, 0.3) is 5.91 Å². The molecule has 18 heavy (non-hydrogen) atoms. The molecule has 1 amide bonds. The van der Waals surface area contributed by atoms with Crippen molar-refractivity contribution in [3.8, 4) is 10.8 Å². The highest BCUT2D eigenvalue weighted by Crippen LogP contribution is 2.24. The maximum absolute atomic E-state index is 12.1. The van der Waals surface area contributed by atoms with Gasteiger partial charge in [0.05, 0.1) is 12.9 Å². The van der Waals surface area contributed by atoms with E-state index >= 15 is 0 Å². The fraction of sp³-hybridized carbons (Fsp3) is 0.333. The molecule has 2 aromatic heterocycles. The Morgan fingerprint density at radius 3 is 3.11 bits per heavy atom. The number of thiazole rings is 1. The molecule has 2 aromatic rings. The lowest BCUT2D eigenvalue weighted by atomic mass is 10.3. The summed E-state index contributed by atoms with van der Waals surface area (Å²) in [6, 6.07) is 3.62. The number of hydrogen-bond donors (Lipinski definition) is 0. The van der Waals surface area contributed by atoms with Gasteiger partial charge in [0, 0.05) is 11.9 Å². The number of carbonyl (C=O) groups is 1. The van der Waals surface area contributed by atoms with E-state index in [4.69, 9.17) is 9.25 Å². The van der Waals surface area contributed by atoms with Crippen LogP contribution in [0.4, 0.5) is 0 Å². The van der Waals surface area contributed by atoms with Crippen molar-refractivity contribution in [2.45, 2.75) is 12.8 Å². The highest BCUT2D eigenvalue weighted by molar-refractivity contribution is 7.13. The van der Waals surface area contributed by atoms with Crippen molar-refractivity contribution in [1.82, 2.24) is 10.0 Å². The maximum Gasteiger partial charge on any atom is 0.296 e. The summed E-state index contributed by atoms with van der Waals surface area (Å²) in [5, 5.41) is 3.84. The lowest BCUT2D eigenvalue weighted by molar-refractivity contribution is -0.144. The molecule has 0 atom stereocenters. The van der Waals surface area contributed by atoms with Crippen molar-refractivity contribution in [3.63, 3.8) is 0 Å². The molecule has 0 spiro atoms. The summed E-state index contributed by atoms with van der Waals surface area (Å²) in [5.41, 5.74) is 0.410. The van der Waals surface area contributed by atoms with E-state index in [0.29, 0.717) is 29.6 Å². The van der Waals surface area contributed by atoms with Crippen LogP contribution in [0, 0.1) is 0 Å². The van der Waals surface area contributed by atoms with Gasteiger partial charge in [-0.05, 0) is 25.0 Å². The van der Waals surface area contributed by atoms with E-state index < -0.39 is 0 Å². The highest BCUT2D eigenvalue weighted by atomic mass is 32.1. The highest BCUT2D eigenvalue weighted by Gasteiger charge is 2.22. The largest absolute Gasteiger partial charge is 0.462 e. The molecule has 0 aromatic carbocycles. The molecule has 3 heterocycles. The summed E-state index contributed by atoms with van der Waals surface area (Å²) >= 11 is 1.39. The predicted molar refractivity (Wildman–Crippen MR) is 66.0 cm³/mol. The minimum atomic E-state index is -0.177. The molecule has 3 rings (SSSR count). The van der Waals surface area contributed by atoms with E-state index in [1.807, 2.05) is 6.07 Å². The third kappa shape index (κ3) is 2.16. The predicted octanol–water partition coefficient (Wildman–Crippen LogP) is 2.57. The van der Waals surface area contributed by atoms with Crippen LogP contribution in [0.25, 0.3) is 10.8 Å². The molecule has 1 aliphatic heterocycles. The fourth-order valence-electron chi connectivity index (χ4n) is 1.77. The minimum Gasteiger partial charge on any atom is -0.462 e. The van der Waals surface area contributed by atoms with Crippen LogP contribution in [0.3, 0.4) is 0 Å². The molecule has 0 saturated carbocycles. The van der Waals surface area contributed by atoms with Gasteiger partial charge in [-0.3, -0.25) is 9.63 Å². The SMILES string of the molecule is O=C(c1csc(-c2ccco2)n1)N1CCCCO1. The monoisotopic (exact) mass is 264 g/mol. The van der Waals surface area contributed by atoms with E-state index in [0.717, 1.165) is 12.8 Å². The Hall–Kier alpha value is -1.66. The van der Waals surface area contributed by atoms with Crippen molar-refractivity contribution in [1.29, 1.82) is 0 Å². The smallest absolute Gasteiger partial charge is 0.296 e. The van der Waals surface area contributed by atoms with Crippen molar-refractivity contribution >= 4 is 17.2 Å². The number of nitrogens with zero attached hydrogens (tertiary/aromatic N) is 2. The van der Waals surface area contributed by atoms with Crippen LogP contribution >= 0.6 is 11.3 Å². The van der Waals surface area contributed by atoms with E-state index in [2.05, 4.69) is 4.98 Å². The molecular weight excluding hydrogens is 252 g/mol. The van der Waals surface area contributed by atoms with E-state index in [1.54, 1.807) is 17.7 Å². The van der Waals surface area contributed by atoms with Gasteiger partial charge in [-0.15, -0.1) is 11.3 Å². The lowest BCUT2D eigenvalue weighted by Gasteiger charge is -2.24. The Morgan fingerprint density at radius 2 is 2.39 bits per heavy atom. The van der Waals surface area contributed by atoms with Gasteiger partial charge in [-0.1, -0.05) is 0 Å². The van der Waals surface area contributed by atoms with Gasteiger partial charge in [-0.2, -0.15) is 0 Å². The molecule has 0 unspecified atom stereocenters. The first-order chi connectivity index (χ1) is 8.84. The molecule has 5 nitrogen and oxygen atoms in total. The molecular formula is C12H12N2O3S. The summed E-state index contributed by atoms with van der Waals surface area (Å²) in [6.07, 6.45) is 3.56. The summed E-state index contributed by atoms with van der Waals surface area (Å²) in [6.45, 7) is 1.23. The second kappa shape index (κ2) is 4.91. The third-order valence-corrected chi connectivity index (χ3v) is 3.54. The van der Waals surface area contributed by atoms with Crippen LogP contribution in [0.5, 0.6) is 0 Å².